The van der Waals surface area contributed by atoms with E-state index in [-0.39, 0.29) is 30.3 Å². The van der Waals surface area contributed by atoms with Crippen LogP contribution in [0.15, 0.2) is 47.1 Å². The second kappa shape index (κ2) is 5.88. The molecular formula is C15H14N2O5S. The minimum absolute atomic E-state index is 0.0201. The lowest BCUT2D eigenvalue weighted by Crippen LogP contribution is -2.29. The van der Waals surface area contributed by atoms with Crippen LogP contribution in [0, 0.1) is 0 Å². The molecule has 1 N–H and O–H groups in total. The van der Waals surface area contributed by atoms with Crippen molar-refractivity contribution in [3.63, 3.8) is 0 Å². The number of amides is 2. The van der Waals surface area contributed by atoms with Gasteiger partial charge >= 0.3 is 0 Å². The Hall–Kier alpha value is -2.61. The van der Waals surface area contributed by atoms with Gasteiger partial charge < -0.3 is 9.73 Å². The van der Waals surface area contributed by atoms with Gasteiger partial charge in [0, 0.05) is 12.0 Å². The zero-order valence-corrected chi connectivity index (χ0v) is 12.9. The first kappa shape index (κ1) is 15.3. The van der Waals surface area contributed by atoms with Crippen LogP contribution in [0.4, 0.5) is 5.69 Å². The molecule has 0 bridgehead atoms. The minimum Gasteiger partial charge on any atom is -0.467 e. The maximum absolute atomic E-state index is 12.0. The molecule has 1 fully saturated rings. The molecule has 8 heteroatoms. The van der Waals surface area contributed by atoms with Crippen molar-refractivity contribution in [2.45, 2.75) is 13.0 Å². The molecule has 1 aromatic carbocycles. The van der Waals surface area contributed by atoms with Gasteiger partial charge in [-0.1, -0.05) is 0 Å². The highest BCUT2D eigenvalue weighted by atomic mass is 32.2. The first-order chi connectivity index (χ1) is 11.0. The highest BCUT2D eigenvalue weighted by molar-refractivity contribution is 7.94. The normalized spacial score (nSPS) is 16.5. The second-order valence-corrected chi connectivity index (χ2v) is 6.97. The molecular weight excluding hydrogens is 320 g/mol. The summed E-state index contributed by atoms with van der Waals surface area (Å²) in [5.74, 6) is -0.329. The average molecular weight is 334 g/mol. The summed E-state index contributed by atoms with van der Waals surface area (Å²) in [6.45, 7) is 0.257. The van der Waals surface area contributed by atoms with E-state index >= 15 is 0 Å². The summed E-state index contributed by atoms with van der Waals surface area (Å²) in [6, 6.07) is 9.32. The Morgan fingerprint density at radius 3 is 2.52 bits per heavy atom. The summed E-state index contributed by atoms with van der Waals surface area (Å²) in [5, 5.41) is 2.68. The Morgan fingerprint density at radius 2 is 1.96 bits per heavy atom. The van der Waals surface area contributed by atoms with E-state index in [1.807, 2.05) is 0 Å². The lowest BCUT2D eigenvalue weighted by atomic mass is 10.2. The molecule has 0 aliphatic carbocycles. The zero-order valence-electron chi connectivity index (χ0n) is 12.1. The summed E-state index contributed by atoms with van der Waals surface area (Å²) in [5.41, 5.74) is 0.611. The largest absolute Gasteiger partial charge is 0.467 e. The van der Waals surface area contributed by atoms with E-state index in [9.17, 15) is 18.0 Å². The Bertz CT molecular complexity index is 825. The summed E-state index contributed by atoms with van der Waals surface area (Å²) in [4.78, 5) is 23.7. The van der Waals surface area contributed by atoms with E-state index in [2.05, 4.69) is 5.32 Å². The van der Waals surface area contributed by atoms with Gasteiger partial charge in [-0.15, -0.1) is 0 Å². The van der Waals surface area contributed by atoms with Crippen LogP contribution in [0.5, 0.6) is 0 Å². The van der Waals surface area contributed by atoms with Gasteiger partial charge in [-0.3, -0.25) is 9.59 Å². The quantitative estimate of drug-likeness (QED) is 0.908. The molecule has 0 atom stereocenters. The number of hydrogen-bond acceptors (Lipinski definition) is 5. The summed E-state index contributed by atoms with van der Waals surface area (Å²) in [7, 11) is -3.59. The molecule has 1 aliphatic heterocycles. The van der Waals surface area contributed by atoms with Crippen LogP contribution < -0.4 is 9.62 Å². The lowest BCUT2D eigenvalue weighted by Gasteiger charge is -2.15. The average Bonchev–Trinajstić information content (AvgIpc) is 3.13. The third-order valence-electron chi connectivity index (χ3n) is 3.45. The van der Waals surface area contributed by atoms with Crippen molar-refractivity contribution < 1.29 is 22.4 Å². The molecule has 0 saturated carbocycles. The Morgan fingerprint density at radius 1 is 1.22 bits per heavy atom. The maximum atomic E-state index is 12.0. The molecule has 0 radical (unpaired) electrons. The zero-order chi connectivity index (χ0) is 16.4. The van der Waals surface area contributed by atoms with Crippen molar-refractivity contribution in [2.24, 2.45) is 0 Å². The predicted octanol–water partition coefficient (Wildman–Crippen LogP) is 1.28. The van der Waals surface area contributed by atoms with Gasteiger partial charge in [0.15, 0.2) is 0 Å². The van der Waals surface area contributed by atoms with Gasteiger partial charge in [-0.2, -0.15) is 0 Å². The van der Waals surface area contributed by atoms with Gasteiger partial charge in [0.1, 0.15) is 5.76 Å². The van der Waals surface area contributed by atoms with Crippen molar-refractivity contribution in [3.05, 3.63) is 54.0 Å². The molecule has 120 valence electrons. The van der Waals surface area contributed by atoms with E-state index in [1.54, 1.807) is 12.1 Å². The van der Waals surface area contributed by atoms with E-state index in [0.29, 0.717) is 11.3 Å². The number of nitrogens with one attached hydrogen (secondary N) is 1. The van der Waals surface area contributed by atoms with Crippen LogP contribution in [-0.2, 0) is 21.4 Å². The number of furan rings is 1. The lowest BCUT2D eigenvalue weighted by molar-refractivity contribution is -0.116. The van der Waals surface area contributed by atoms with Crippen LogP contribution in [-0.4, -0.2) is 26.0 Å². The number of hydrogen-bond donors (Lipinski definition) is 1. The molecule has 23 heavy (non-hydrogen) atoms. The van der Waals surface area contributed by atoms with E-state index in [1.165, 1.54) is 30.5 Å². The Labute approximate surface area is 132 Å². The van der Waals surface area contributed by atoms with E-state index < -0.39 is 15.9 Å². The van der Waals surface area contributed by atoms with Crippen LogP contribution in [0.25, 0.3) is 0 Å². The van der Waals surface area contributed by atoms with Gasteiger partial charge in [0.25, 0.3) is 5.91 Å². The van der Waals surface area contributed by atoms with Crippen molar-refractivity contribution in [2.75, 3.05) is 10.1 Å². The fraction of sp³-hybridized carbons (Fsp3) is 0.200. The van der Waals surface area contributed by atoms with Crippen molar-refractivity contribution in [3.8, 4) is 0 Å². The fourth-order valence-electron chi connectivity index (χ4n) is 2.30. The van der Waals surface area contributed by atoms with Gasteiger partial charge in [0.05, 0.1) is 24.2 Å². The molecule has 1 aromatic heterocycles. The van der Waals surface area contributed by atoms with E-state index in [4.69, 9.17) is 4.42 Å². The number of carbonyl (C=O) groups is 2. The van der Waals surface area contributed by atoms with Crippen LogP contribution in [0.3, 0.4) is 0 Å². The first-order valence-electron chi connectivity index (χ1n) is 6.94. The number of carbonyl (C=O) groups excluding carboxylic acids is 2. The standard InChI is InChI=1S/C15H14N2O5S/c18-14-7-9-23(20,21)17(14)12-5-3-11(4-6-12)15(19)16-10-13-2-1-8-22-13/h1-6,8H,7,9-10H2,(H,16,19). The van der Waals surface area contributed by atoms with Crippen molar-refractivity contribution in [1.29, 1.82) is 0 Å². The molecule has 3 rings (SSSR count). The molecule has 1 aliphatic rings. The van der Waals surface area contributed by atoms with Crippen LogP contribution in [0.1, 0.15) is 22.5 Å². The molecule has 2 aromatic rings. The molecule has 0 unspecified atom stereocenters. The SMILES string of the molecule is O=C(NCc1ccco1)c1ccc(N2C(=O)CCS2(=O)=O)cc1. The topological polar surface area (TPSA) is 96.7 Å². The second-order valence-electron chi connectivity index (χ2n) is 5.03. The molecule has 2 heterocycles. The fourth-order valence-corrected chi connectivity index (χ4v) is 3.76. The Balaban J connectivity index is 1.72. The molecule has 1 saturated heterocycles. The highest BCUT2D eigenvalue weighted by Gasteiger charge is 2.36. The minimum atomic E-state index is -3.59. The van der Waals surface area contributed by atoms with Crippen LogP contribution >= 0.6 is 0 Å². The third-order valence-corrected chi connectivity index (χ3v) is 5.14. The maximum Gasteiger partial charge on any atom is 0.251 e. The van der Waals surface area contributed by atoms with Crippen LogP contribution in [0.2, 0.25) is 0 Å². The number of anilines is 1. The van der Waals surface area contributed by atoms with Gasteiger partial charge in [-0.05, 0) is 36.4 Å². The number of benzene rings is 1. The summed E-state index contributed by atoms with van der Waals surface area (Å²) >= 11 is 0. The summed E-state index contributed by atoms with van der Waals surface area (Å²) < 4.78 is 29.6. The summed E-state index contributed by atoms with van der Waals surface area (Å²) in [6.07, 6.45) is 1.50. The van der Waals surface area contributed by atoms with E-state index in [0.717, 1.165) is 4.31 Å². The first-order valence-corrected chi connectivity index (χ1v) is 8.55. The number of nitrogens with zero attached hydrogens (tertiary/aromatic N) is 1. The smallest absolute Gasteiger partial charge is 0.251 e. The third kappa shape index (κ3) is 3.11. The number of sulfonamides is 1. The Kier molecular flexibility index (Phi) is 3.91. The van der Waals surface area contributed by atoms with Gasteiger partial charge in [-0.25, -0.2) is 12.7 Å². The highest BCUT2D eigenvalue weighted by Crippen LogP contribution is 2.25. The monoisotopic (exact) mass is 334 g/mol. The van der Waals surface area contributed by atoms with Crippen molar-refractivity contribution in [1.82, 2.24) is 5.32 Å². The predicted molar refractivity (Wildman–Crippen MR) is 82.2 cm³/mol. The van der Waals surface area contributed by atoms with Crippen molar-refractivity contribution >= 4 is 27.5 Å². The molecule has 0 spiro atoms. The molecule has 7 nitrogen and oxygen atoms in total. The van der Waals surface area contributed by atoms with Gasteiger partial charge in [0.2, 0.25) is 15.9 Å². The molecule has 2 amide bonds. The number of rotatable bonds is 4.